The molecular weight excluding hydrogens is 421 g/mol. The topological polar surface area (TPSA) is 72.8 Å². The van der Waals surface area contributed by atoms with Gasteiger partial charge in [-0.25, -0.2) is 9.67 Å². The molecule has 1 N–H and O–H groups in total. The molecule has 2 aromatic carbocycles. The summed E-state index contributed by atoms with van der Waals surface area (Å²) in [6, 6.07) is 11.9. The van der Waals surface area contributed by atoms with Gasteiger partial charge in [-0.1, -0.05) is 24.3 Å². The lowest BCUT2D eigenvalue weighted by Gasteiger charge is -2.15. The van der Waals surface area contributed by atoms with Crippen LogP contribution in [-0.4, -0.2) is 26.9 Å². The number of methoxy groups -OCH3 is 1. The monoisotopic (exact) mass is 442 g/mol. The highest BCUT2D eigenvalue weighted by Gasteiger charge is 2.30. The van der Waals surface area contributed by atoms with Gasteiger partial charge >= 0.3 is 6.18 Å². The van der Waals surface area contributed by atoms with Gasteiger partial charge in [0.1, 0.15) is 17.0 Å². The number of aryl methyl sites for hydroxylation is 1. The van der Waals surface area contributed by atoms with Gasteiger partial charge in [-0.05, 0) is 49.2 Å². The van der Waals surface area contributed by atoms with Gasteiger partial charge in [0, 0.05) is 6.42 Å². The molecule has 9 heteroatoms. The van der Waals surface area contributed by atoms with Crippen molar-refractivity contribution >= 4 is 11.0 Å². The van der Waals surface area contributed by atoms with E-state index in [1.54, 1.807) is 25.6 Å². The van der Waals surface area contributed by atoms with Crippen molar-refractivity contribution < 1.29 is 17.9 Å². The highest BCUT2D eigenvalue weighted by Crippen LogP contribution is 2.31. The van der Waals surface area contributed by atoms with Gasteiger partial charge in [0.15, 0.2) is 5.65 Å². The van der Waals surface area contributed by atoms with E-state index in [2.05, 4.69) is 15.1 Å². The van der Waals surface area contributed by atoms with E-state index in [-0.39, 0.29) is 5.56 Å². The van der Waals surface area contributed by atoms with Crippen LogP contribution < -0.4 is 10.3 Å². The Morgan fingerprint density at radius 1 is 1.16 bits per heavy atom. The first-order valence-corrected chi connectivity index (χ1v) is 9.95. The summed E-state index contributed by atoms with van der Waals surface area (Å²) in [5, 5.41) is 4.82. The molecule has 2 aromatic heterocycles. The number of fused-ring (bicyclic) bond motifs is 1. The van der Waals surface area contributed by atoms with Gasteiger partial charge in [0.25, 0.3) is 5.56 Å². The van der Waals surface area contributed by atoms with Crippen molar-refractivity contribution in [1.29, 1.82) is 0 Å². The Kier molecular flexibility index (Phi) is 5.50. The molecule has 0 amide bonds. The molecule has 32 heavy (non-hydrogen) atoms. The van der Waals surface area contributed by atoms with Crippen LogP contribution in [0.2, 0.25) is 0 Å². The van der Waals surface area contributed by atoms with Crippen molar-refractivity contribution in [3.8, 4) is 5.75 Å². The van der Waals surface area contributed by atoms with Crippen LogP contribution in [0, 0.1) is 6.92 Å². The molecule has 1 unspecified atom stereocenters. The first-order valence-electron chi connectivity index (χ1n) is 9.95. The molecule has 6 nitrogen and oxygen atoms in total. The second-order valence-electron chi connectivity index (χ2n) is 7.57. The van der Waals surface area contributed by atoms with E-state index in [4.69, 9.17) is 4.74 Å². The van der Waals surface area contributed by atoms with Crippen molar-refractivity contribution in [2.24, 2.45) is 0 Å². The van der Waals surface area contributed by atoms with Crippen LogP contribution in [0.1, 0.15) is 41.2 Å². The summed E-state index contributed by atoms with van der Waals surface area (Å²) in [6.07, 6.45) is -4.03. The highest BCUT2D eigenvalue weighted by atomic mass is 19.4. The van der Waals surface area contributed by atoms with E-state index >= 15 is 0 Å². The number of benzene rings is 2. The fourth-order valence-electron chi connectivity index (χ4n) is 3.68. The summed E-state index contributed by atoms with van der Waals surface area (Å²) in [7, 11) is 1.58. The zero-order valence-corrected chi connectivity index (χ0v) is 17.7. The molecule has 0 saturated heterocycles. The number of rotatable bonds is 5. The first-order chi connectivity index (χ1) is 15.2. The van der Waals surface area contributed by atoms with Crippen LogP contribution in [0.25, 0.3) is 11.0 Å². The molecule has 166 valence electrons. The third-order valence-electron chi connectivity index (χ3n) is 5.38. The van der Waals surface area contributed by atoms with Gasteiger partial charge in [-0.2, -0.15) is 18.3 Å². The second-order valence-corrected chi connectivity index (χ2v) is 7.57. The molecule has 2 heterocycles. The fraction of sp³-hybridized carbons (Fsp3) is 0.261. The largest absolute Gasteiger partial charge is 0.497 e. The van der Waals surface area contributed by atoms with Crippen molar-refractivity contribution in [3.63, 3.8) is 0 Å². The Morgan fingerprint density at radius 3 is 2.53 bits per heavy atom. The lowest BCUT2D eigenvalue weighted by Crippen LogP contribution is -2.15. The van der Waals surface area contributed by atoms with Crippen molar-refractivity contribution in [1.82, 2.24) is 19.7 Å². The Bertz CT molecular complexity index is 1320. The maximum Gasteiger partial charge on any atom is 0.416 e. The summed E-state index contributed by atoms with van der Waals surface area (Å²) in [6.45, 7) is 3.51. The maximum atomic E-state index is 12.9. The molecule has 0 radical (unpaired) electrons. The van der Waals surface area contributed by atoms with Crippen LogP contribution in [0.3, 0.4) is 0 Å². The van der Waals surface area contributed by atoms with E-state index in [0.29, 0.717) is 40.3 Å². The number of nitrogens with zero attached hydrogens (tertiary/aromatic N) is 3. The summed E-state index contributed by atoms with van der Waals surface area (Å²) in [5.41, 5.74) is 1.39. The molecule has 0 aliphatic carbocycles. The number of halogens is 3. The fourth-order valence-corrected chi connectivity index (χ4v) is 3.68. The lowest BCUT2D eigenvalue weighted by molar-refractivity contribution is -0.137. The average Bonchev–Trinajstić information content (AvgIpc) is 3.09. The van der Waals surface area contributed by atoms with Crippen molar-refractivity contribution in [2.45, 2.75) is 32.5 Å². The van der Waals surface area contributed by atoms with Gasteiger partial charge in [-0.15, -0.1) is 0 Å². The summed E-state index contributed by atoms with van der Waals surface area (Å²) in [5.74, 6) is 1.15. The highest BCUT2D eigenvalue weighted by molar-refractivity contribution is 5.77. The molecule has 0 spiro atoms. The van der Waals surface area contributed by atoms with Gasteiger partial charge in [0.2, 0.25) is 0 Å². The molecule has 4 rings (SSSR count). The molecule has 0 aliphatic heterocycles. The third kappa shape index (κ3) is 4.10. The van der Waals surface area contributed by atoms with Crippen LogP contribution in [0.4, 0.5) is 13.2 Å². The van der Waals surface area contributed by atoms with Crippen LogP contribution in [0.15, 0.2) is 53.3 Å². The van der Waals surface area contributed by atoms with E-state index in [1.165, 1.54) is 12.1 Å². The van der Waals surface area contributed by atoms with Gasteiger partial charge in [-0.3, -0.25) is 4.79 Å². The normalized spacial score (nSPS) is 12.8. The predicted octanol–water partition coefficient (Wildman–Crippen LogP) is 4.66. The number of hydrogen-bond acceptors (Lipinski definition) is 4. The van der Waals surface area contributed by atoms with Gasteiger partial charge in [0.05, 0.1) is 24.4 Å². The summed E-state index contributed by atoms with van der Waals surface area (Å²) >= 11 is 0. The number of H-pyrrole nitrogens is 1. The number of aromatic nitrogens is 4. The van der Waals surface area contributed by atoms with E-state index in [0.717, 1.165) is 17.7 Å². The van der Waals surface area contributed by atoms with Crippen LogP contribution >= 0.6 is 0 Å². The molecule has 4 aromatic rings. The van der Waals surface area contributed by atoms with Crippen LogP contribution in [0.5, 0.6) is 5.75 Å². The van der Waals surface area contributed by atoms with E-state index in [1.807, 2.05) is 24.3 Å². The minimum absolute atomic E-state index is 0.309. The number of aromatic amines is 1. The second kappa shape index (κ2) is 8.14. The zero-order valence-electron chi connectivity index (χ0n) is 17.7. The molecule has 0 bridgehead atoms. The Morgan fingerprint density at radius 2 is 1.88 bits per heavy atom. The SMILES string of the molecule is COc1cccc(Cc2nc3c(c(C)nn3C(C)c3ccc(C(F)(F)F)cc3)c(=O)[nH]2)c1. The molecule has 0 fully saturated rings. The number of alkyl halides is 3. The minimum atomic E-state index is -4.40. The average molecular weight is 442 g/mol. The van der Waals surface area contributed by atoms with Crippen molar-refractivity contribution in [3.05, 3.63) is 87.1 Å². The Hall–Kier alpha value is -3.62. The smallest absolute Gasteiger partial charge is 0.416 e. The Balaban J connectivity index is 1.74. The Labute approximate surface area is 181 Å². The minimum Gasteiger partial charge on any atom is -0.497 e. The van der Waals surface area contributed by atoms with Crippen LogP contribution in [-0.2, 0) is 12.6 Å². The third-order valence-corrected chi connectivity index (χ3v) is 5.38. The zero-order chi connectivity index (χ0) is 23.0. The van der Waals surface area contributed by atoms with E-state index < -0.39 is 17.8 Å². The predicted molar refractivity (Wildman–Crippen MR) is 114 cm³/mol. The summed E-state index contributed by atoms with van der Waals surface area (Å²) < 4.78 is 45.5. The number of ether oxygens (including phenoxy) is 1. The molecular formula is C23H21F3N4O2. The molecule has 0 aliphatic rings. The number of hydrogen-bond donors (Lipinski definition) is 1. The maximum absolute atomic E-state index is 12.9. The molecule has 1 atom stereocenters. The summed E-state index contributed by atoms with van der Waals surface area (Å²) in [4.78, 5) is 20.2. The lowest BCUT2D eigenvalue weighted by atomic mass is 10.1. The van der Waals surface area contributed by atoms with Crippen molar-refractivity contribution in [2.75, 3.05) is 7.11 Å². The molecule has 0 saturated carbocycles. The number of nitrogens with one attached hydrogen (secondary N) is 1. The van der Waals surface area contributed by atoms with E-state index in [9.17, 15) is 18.0 Å². The standard InChI is InChI=1S/C23H21F3N4O2/c1-13-20-21(27-19(28-22(20)31)12-15-5-4-6-18(11-15)32-3)30(29-13)14(2)16-7-9-17(10-8-16)23(24,25)26/h4-11,14H,12H2,1-3H3,(H,27,28,31). The first kappa shape index (κ1) is 21.6. The van der Waals surface area contributed by atoms with Gasteiger partial charge < -0.3 is 9.72 Å². The quantitative estimate of drug-likeness (QED) is 0.488.